The second-order valence-electron chi connectivity index (χ2n) is 4.98. The van der Waals surface area contributed by atoms with Crippen LogP contribution in [0.5, 0.6) is 5.75 Å². The van der Waals surface area contributed by atoms with Crippen LogP contribution in [0, 0.1) is 0 Å². The normalized spacial score (nSPS) is 14.4. The molecule has 4 heteroatoms. The van der Waals surface area contributed by atoms with E-state index in [1.165, 1.54) is 0 Å². The van der Waals surface area contributed by atoms with Gasteiger partial charge in [0.1, 0.15) is 5.76 Å². The lowest BCUT2D eigenvalue weighted by molar-refractivity contribution is 0.157. The number of hydrogen-bond donors (Lipinski definition) is 1. The number of methoxy groups -OCH3 is 2. The number of furan rings is 1. The van der Waals surface area contributed by atoms with Crippen molar-refractivity contribution in [1.29, 1.82) is 0 Å². The number of benzene rings is 1. The summed E-state index contributed by atoms with van der Waals surface area (Å²) in [5.74, 6) is 1.68. The molecule has 0 saturated heterocycles. The molecule has 0 aliphatic heterocycles. The molecule has 0 aliphatic rings. The monoisotopic (exact) mass is 277 g/mol. The zero-order valence-corrected chi connectivity index (χ0v) is 12.6. The van der Waals surface area contributed by atoms with Crippen LogP contribution in [0.1, 0.15) is 32.1 Å². The van der Waals surface area contributed by atoms with E-state index in [0.717, 1.165) is 28.9 Å². The minimum absolute atomic E-state index is 0.132. The van der Waals surface area contributed by atoms with Gasteiger partial charge in [0.05, 0.1) is 19.8 Å². The molecular weight excluding hydrogens is 254 g/mol. The first-order valence-electron chi connectivity index (χ1n) is 7.01. The van der Waals surface area contributed by atoms with Gasteiger partial charge < -0.3 is 19.2 Å². The van der Waals surface area contributed by atoms with E-state index in [4.69, 9.17) is 13.9 Å². The van der Waals surface area contributed by atoms with Gasteiger partial charge in [-0.05, 0) is 25.5 Å². The third-order valence-corrected chi connectivity index (χ3v) is 3.52. The summed E-state index contributed by atoms with van der Waals surface area (Å²) in [5.41, 5.74) is 0.804. The van der Waals surface area contributed by atoms with Gasteiger partial charge in [-0.25, -0.2) is 0 Å². The van der Waals surface area contributed by atoms with Crippen LogP contribution in [0.3, 0.4) is 0 Å². The van der Waals surface area contributed by atoms with Gasteiger partial charge in [-0.1, -0.05) is 19.1 Å². The largest absolute Gasteiger partial charge is 0.493 e. The Morgan fingerprint density at radius 1 is 1.30 bits per heavy atom. The molecule has 1 N–H and O–H groups in total. The molecule has 2 unspecified atom stereocenters. The molecule has 0 radical (unpaired) electrons. The maximum absolute atomic E-state index is 5.95. The van der Waals surface area contributed by atoms with Gasteiger partial charge in [0.15, 0.2) is 11.3 Å². The van der Waals surface area contributed by atoms with E-state index in [0.29, 0.717) is 12.6 Å². The Hall–Kier alpha value is -1.52. The van der Waals surface area contributed by atoms with E-state index in [9.17, 15) is 0 Å². The van der Waals surface area contributed by atoms with Crippen LogP contribution >= 0.6 is 0 Å². The topological polar surface area (TPSA) is 43.6 Å². The SMILES string of the molecule is CCC(COC)NC(C)c1cc2cccc(OC)c2o1. The number of rotatable bonds is 7. The zero-order chi connectivity index (χ0) is 14.5. The summed E-state index contributed by atoms with van der Waals surface area (Å²) in [5, 5.41) is 4.59. The number of hydrogen-bond acceptors (Lipinski definition) is 4. The number of para-hydroxylation sites is 1. The molecule has 4 nitrogen and oxygen atoms in total. The van der Waals surface area contributed by atoms with Crippen LogP contribution in [0.15, 0.2) is 28.7 Å². The fourth-order valence-corrected chi connectivity index (χ4v) is 2.35. The molecule has 1 aromatic heterocycles. The van der Waals surface area contributed by atoms with Gasteiger partial charge in [-0.15, -0.1) is 0 Å². The second-order valence-corrected chi connectivity index (χ2v) is 4.98. The van der Waals surface area contributed by atoms with Crippen molar-refractivity contribution in [2.75, 3.05) is 20.8 Å². The molecule has 110 valence electrons. The highest BCUT2D eigenvalue weighted by Gasteiger charge is 2.16. The van der Waals surface area contributed by atoms with Crippen LogP contribution in [0.25, 0.3) is 11.0 Å². The van der Waals surface area contributed by atoms with Gasteiger partial charge in [-0.2, -0.15) is 0 Å². The predicted molar refractivity (Wildman–Crippen MR) is 80.3 cm³/mol. The Balaban J connectivity index is 2.20. The van der Waals surface area contributed by atoms with Crippen molar-refractivity contribution >= 4 is 11.0 Å². The molecule has 0 fully saturated rings. The van der Waals surface area contributed by atoms with E-state index in [-0.39, 0.29) is 6.04 Å². The zero-order valence-electron chi connectivity index (χ0n) is 12.6. The van der Waals surface area contributed by atoms with Crippen LogP contribution < -0.4 is 10.1 Å². The number of fused-ring (bicyclic) bond motifs is 1. The van der Waals surface area contributed by atoms with Gasteiger partial charge in [0, 0.05) is 18.5 Å². The van der Waals surface area contributed by atoms with E-state index < -0.39 is 0 Å². The summed E-state index contributed by atoms with van der Waals surface area (Å²) in [7, 11) is 3.38. The average molecular weight is 277 g/mol. The quantitative estimate of drug-likeness (QED) is 0.841. The molecule has 0 spiro atoms. The highest BCUT2D eigenvalue weighted by atomic mass is 16.5. The molecule has 0 saturated carbocycles. The maximum Gasteiger partial charge on any atom is 0.176 e. The minimum atomic E-state index is 0.132. The van der Waals surface area contributed by atoms with Crippen LogP contribution in [0.4, 0.5) is 0 Å². The Morgan fingerprint density at radius 2 is 2.10 bits per heavy atom. The minimum Gasteiger partial charge on any atom is -0.493 e. The highest BCUT2D eigenvalue weighted by molar-refractivity contribution is 5.83. The van der Waals surface area contributed by atoms with Crippen molar-refractivity contribution in [2.45, 2.75) is 32.4 Å². The summed E-state index contributed by atoms with van der Waals surface area (Å²) >= 11 is 0. The summed E-state index contributed by atoms with van der Waals surface area (Å²) in [4.78, 5) is 0. The smallest absolute Gasteiger partial charge is 0.176 e. The van der Waals surface area contributed by atoms with Crippen LogP contribution in [-0.2, 0) is 4.74 Å². The molecule has 0 amide bonds. The summed E-state index contributed by atoms with van der Waals surface area (Å²) in [6.07, 6.45) is 1.02. The Morgan fingerprint density at radius 3 is 2.75 bits per heavy atom. The molecule has 20 heavy (non-hydrogen) atoms. The van der Waals surface area contributed by atoms with Crippen LogP contribution in [0.2, 0.25) is 0 Å². The Labute approximate surface area is 120 Å². The van der Waals surface area contributed by atoms with E-state index >= 15 is 0 Å². The fourth-order valence-electron chi connectivity index (χ4n) is 2.35. The molecule has 0 aliphatic carbocycles. The molecule has 2 atom stereocenters. The van der Waals surface area contributed by atoms with Gasteiger partial charge in [0.25, 0.3) is 0 Å². The van der Waals surface area contributed by atoms with Gasteiger partial charge in [-0.3, -0.25) is 0 Å². The summed E-state index contributed by atoms with van der Waals surface area (Å²) in [6.45, 7) is 4.94. The lowest BCUT2D eigenvalue weighted by Gasteiger charge is -2.20. The standard InChI is InChI=1S/C16H23NO3/c1-5-13(10-18-3)17-11(2)15-9-12-7-6-8-14(19-4)16(12)20-15/h6-9,11,13,17H,5,10H2,1-4H3. The van der Waals surface area contributed by atoms with Gasteiger partial charge in [0.2, 0.25) is 0 Å². The van der Waals surface area contributed by atoms with Crippen molar-refractivity contribution in [3.8, 4) is 5.75 Å². The first kappa shape index (κ1) is 14.9. The predicted octanol–water partition coefficient (Wildman–Crippen LogP) is 3.52. The maximum atomic E-state index is 5.95. The van der Waals surface area contributed by atoms with Crippen molar-refractivity contribution in [3.05, 3.63) is 30.0 Å². The molecule has 0 bridgehead atoms. The van der Waals surface area contributed by atoms with Gasteiger partial charge >= 0.3 is 0 Å². The molecule has 1 heterocycles. The van der Waals surface area contributed by atoms with Crippen molar-refractivity contribution in [2.24, 2.45) is 0 Å². The van der Waals surface area contributed by atoms with E-state index in [1.807, 2.05) is 18.2 Å². The van der Waals surface area contributed by atoms with Crippen molar-refractivity contribution < 1.29 is 13.9 Å². The third kappa shape index (κ3) is 3.14. The number of nitrogens with one attached hydrogen (secondary N) is 1. The Kier molecular flexibility index (Phi) is 5.04. The molecule has 2 rings (SSSR count). The molecule has 2 aromatic rings. The lowest BCUT2D eigenvalue weighted by Crippen LogP contribution is -2.34. The van der Waals surface area contributed by atoms with E-state index in [1.54, 1.807) is 14.2 Å². The number of ether oxygens (including phenoxy) is 2. The fraction of sp³-hybridized carbons (Fsp3) is 0.500. The second kappa shape index (κ2) is 6.77. The molecule has 1 aromatic carbocycles. The first-order valence-corrected chi connectivity index (χ1v) is 7.01. The Bertz CT molecular complexity index is 550. The van der Waals surface area contributed by atoms with Crippen molar-refractivity contribution in [1.82, 2.24) is 5.32 Å². The first-order chi connectivity index (χ1) is 9.69. The van der Waals surface area contributed by atoms with E-state index in [2.05, 4.69) is 25.2 Å². The third-order valence-electron chi connectivity index (χ3n) is 3.52. The summed E-state index contributed by atoms with van der Waals surface area (Å²) in [6, 6.07) is 8.43. The van der Waals surface area contributed by atoms with Crippen LogP contribution in [-0.4, -0.2) is 26.9 Å². The van der Waals surface area contributed by atoms with Crippen molar-refractivity contribution in [3.63, 3.8) is 0 Å². The molecular formula is C16H23NO3. The average Bonchev–Trinajstić information content (AvgIpc) is 2.90. The highest BCUT2D eigenvalue weighted by Crippen LogP contribution is 2.30. The lowest BCUT2D eigenvalue weighted by atomic mass is 10.1. The summed E-state index contributed by atoms with van der Waals surface area (Å²) < 4.78 is 16.5.